The van der Waals surface area contributed by atoms with Crippen molar-refractivity contribution in [3.8, 4) is 5.75 Å². The number of hydrogen-bond acceptors (Lipinski definition) is 3. The van der Waals surface area contributed by atoms with E-state index in [1.807, 2.05) is 18.2 Å². The first-order valence-electron chi connectivity index (χ1n) is 6.82. The lowest BCUT2D eigenvalue weighted by Gasteiger charge is -2.09. The number of hydrogen-bond donors (Lipinski definition) is 2. The van der Waals surface area contributed by atoms with Gasteiger partial charge in [0.25, 0.3) is 5.91 Å². The van der Waals surface area contributed by atoms with E-state index in [0.717, 1.165) is 29.4 Å². The van der Waals surface area contributed by atoms with Gasteiger partial charge in [-0.1, -0.05) is 23.7 Å². The standard InChI is InChI=1S/C16H14ClFN2O2/c17-12-7-14(19)11(6-13(12)18)16(21)20-8-9-1-2-15-10(5-9)3-4-22-15/h1-2,5-7H,3-4,8,19H2,(H,20,21). The Kier molecular flexibility index (Phi) is 3.90. The molecule has 0 bridgehead atoms. The van der Waals surface area contributed by atoms with Crippen LogP contribution >= 0.6 is 11.6 Å². The van der Waals surface area contributed by atoms with Crippen LogP contribution in [0.3, 0.4) is 0 Å². The van der Waals surface area contributed by atoms with E-state index < -0.39 is 11.7 Å². The zero-order valence-electron chi connectivity index (χ0n) is 11.7. The number of nitrogens with two attached hydrogens (primary N) is 1. The average molecular weight is 321 g/mol. The molecule has 4 nitrogen and oxygen atoms in total. The van der Waals surface area contributed by atoms with Gasteiger partial charge in [0.15, 0.2) is 0 Å². The number of anilines is 1. The van der Waals surface area contributed by atoms with Crippen molar-refractivity contribution in [2.45, 2.75) is 13.0 Å². The second-order valence-electron chi connectivity index (χ2n) is 5.08. The fraction of sp³-hybridized carbons (Fsp3) is 0.188. The number of benzene rings is 2. The van der Waals surface area contributed by atoms with Crippen LogP contribution < -0.4 is 15.8 Å². The molecular formula is C16H14ClFN2O2. The molecule has 22 heavy (non-hydrogen) atoms. The first-order chi connectivity index (χ1) is 10.5. The molecule has 0 unspecified atom stereocenters. The van der Waals surface area contributed by atoms with Crippen LogP contribution in [0.5, 0.6) is 5.75 Å². The highest BCUT2D eigenvalue weighted by molar-refractivity contribution is 6.31. The summed E-state index contributed by atoms with van der Waals surface area (Å²) in [6.45, 7) is 1.02. The van der Waals surface area contributed by atoms with Gasteiger partial charge < -0.3 is 15.8 Å². The highest BCUT2D eigenvalue weighted by Gasteiger charge is 2.15. The Hall–Kier alpha value is -2.27. The monoisotopic (exact) mass is 320 g/mol. The molecule has 1 aliphatic heterocycles. The van der Waals surface area contributed by atoms with E-state index in [2.05, 4.69) is 5.32 Å². The third-order valence-electron chi connectivity index (χ3n) is 3.54. The van der Waals surface area contributed by atoms with Crippen molar-refractivity contribution < 1.29 is 13.9 Å². The minimum absolute atomic E-state index is 0.0754. The Morgan fingerprint density at radius 3 is 3.00 bits per heavy atom. The lowest BCUT2D eigenvalue weighted by atomic mass is 10.1. The van der Waals surface area contributed by atoms with Gasteiger partial charge in [0, 0.05) is 18.7 Å². The van der Waals surface area contributed by atoms with Crippen molar-refractivity contribution in [1.29, 1.82) is 0 Å². The Balaban J connectivity index is 1.71. The number of carbonyl (C=O) groups is 1. The number of nitrogens with one attached hydrogen (secondary N) is 1. The van der Waals surface area contributed by atoms with Gasteiger partial charge in [-0.25, -0.2) is 4.39 Å². The summed E-state index contributed by atoms with van der Waals surface area (Å²) in [5.74, 6) is -0.223. The summed E-state index contributed by atoms with van der Waals surface area (Å²) in [6.07, 6.45) is 0.868. The normalized spacial score (nSPS) is 12.6. The molecule has 1 aliphatic rings. The van der Waals surface area contributed by atoms with Crippen LogP contribution in [0, 0.1) is 5.82 Å². The van der Waals surface area contributed by atoms with Gasteiger partial charge >= 0.3 is 0 Å². The molecule has 0 radical (unpaired) electrons. The van der Waals surface area contributed by atoms with Crippen molar-refractivity contribution in [2.24, 2.45) is 0 Å². The van der Waals surface area contributed by atoms with Gasteiger partial charge in [0.1, 0.15) is 11.6 Å². The summed E-state index contributed by atoms with van der Waals surface area (Å²) in [5.41, 5.74) is 8.00. The maximum Gasteiger partial charge on any atom is 0.253 e. The van der Waals surface area contributed by atoms with E-state index in [-0.39, 0.29) is 16.3 Å². The van der Waals surface area contributed by atoms with Crippen LogP contribution in [0.1, 0.15) is 21.5 Å². The molecule has 0 spiro atoms. The number of amides is 1. The van der Waals surface area contributed by atoms with Gasteiger partial charge in [0.05, 0.1) is 17.2 Å². The van der Waals surface area contributed by atoms with Crippen molar-refractivity contribution in [2.75, 3.05) is 12.3 Å². The number of rotatable bonds is 3. The molecule has 0 saturated heterocycles. The van der Waals surface area contributed by atoms with E-state index in [1.165, 1.54) is 6.07 Å². The second kappa shape index (κ2) is 5.85. The van der Waals surface area contributed by atoms with E-state index >= 15 is 0 Å². The topological polar surface area (TPSA) is 64.4 Å². The predicted molar refractivity (Wildman–Crippen MR) is 82.6 cm³/mol. The molecule has 0 aliphatic carbocycles. The molecule has 114 valence electrons. The highest BCUT2D eigenvalue weighted by atomic mass is 35.5. The summed E-state index contributed by atoms with van der Waals surface area (Å²) in [6, 6.07) is 8.05. The SMILES string of the molecule is Nc1cc(Cl)c(F)cc1C(=O)NCc1ccc2c(c1)CCO2. The van der Waals surface area contributed by atoms with Gasteiger partial charge in [0.2, 0.25) is 0 Å². The summed E-state index contributed by atoms with van der Waals surface area (Å²) >= 11 is 5.62. The van der Waals surface area contributed by atoms with Crippen molar-refractivity contribution in [3.63, 3.8) is 0 Å². The molecule has 2 aromatic carbocycles. The predicted octanol–water partition coefficient (Wildman–Crippen LogP) is 2.93. The summed E-state index contributed by atoms with van der Waals surface area (Å²) in [5, 5.41) is 2.62. The van der Waals surface area contributed by atoms with Crippen molar-refractivity contribution >= 4 is 23.2 Å². The molecular weight excluding hydrogens is 307 g/mol. The Labute approximate surface area is 132 Å². The number of halogens is 2. The first-order valence-corrected chi connectivity index (χ1v) is 7.19. The second-order valence-corrected chi connectivity index (χ2v) is 5.48. The zero-order valence-corrected chi connectivity index (χ0v) is 12.4. The molecule has 0 aromatic heterocycles. The molecule has 0 atom stereocenters. The van der Waals surface area contributed by atoms with Crippen LogP contribution in [0.15, 0.2) is 30.3 Å². The van der Waals surface area contributed by atoms with Gasteiger partial charge in [-0.15, -0.1) is 0 Å². The molecule has 1 heterocycles. The van der Waals surface area contributed by atoms with E-state index in [1.54, 1.807) is 0 Å². The summed E-state index contributed by atoms with van der Waals surface area (Å²) in [4.78, 5) is 12.1. The Bertz CT molecular complexity index is 749. The van der Waals surface area contributed by atoms with Gasteiger partial charge in [-0.3, -0.25) is 4.79 Å². The first kappa shape index (κ1) is 14.7. The largest absolute Gasteiger partial charge is 0.493 e. The molecule has 1 amide bonds. The van der Waals surface area contributed by atoms with Crippen LogP contribution in [-0.2, 0) is 13.0 Å². The minimum atomic E-state index is -0.671. The fourth-order valence-electron chi connectivity index (χ4n) is 2.39. The van der Waals surface area contributed by atoms with Crippen LogP contribution in [0.25, 0.3) is 0 Å². The third-order valence-corrected chi connectivity index (χ3v) is 3.83. The molecule has 2 aromatic rings. The number of carbonyl (C=O) groups excluding carboxylic acids is 1. The minimum Gasteiger partial charge on any atom is -0.493 e. The quantitative estimate of drug-likeness (QED) is 0.855. The maximum absolute atomic E-state index is 13.5. The number of nitrogen functional groups attached to an aromatic ring is 1. The highest BCUT2D eigenvalue weighted by Crippen LogP contribution is 2.26. The van der Waals surface area contributed by atoms with Crippen LogP contribution in [0.4, 0.5) is 10.1 Å². The molecule has 0 saturated carbocycles. The van der Waals surface area contributed by atoms with Gasteiger partial charge in [-0.2, -0.15) is 0 Å². The van der Waals surface area contributed by atoms with Gasteiger partial charge in [-0.05, 0) is 29.3 Å². The van der Waals surface area contributed by atoms with E-state index in [0.29, 0.717) is 13.2 Å². The summed E-state index contributed by atoms with van der Waals surface area (Å²) < 4.78 is 18.9. The van der Waals surface area contributed by atoms with E-state index in [9.17, 15) is 9.18 Å². The lowest BCUT2D eigenvalue weighted by molar-refractivity contribution is 0.0951. The molecule has 6 heteroatoms. The third kappa shape index (κ3) is 2.85. The maximum atomic E-state index is 13.5. The molecule has 3 N–H and O–H groups in total. The molecule has 3 rings (SSSR count). The van der Waals surface area contributed by atoms with E-state index in [4.69, 9.17) is 22.1 Å². The summed E-state index contributed by atoms with van der Waals surface area (Å²) in [7, 11) is 0. The zero-order chi connectivity index (χ0) is 15.7. The smallest absolute Gasteiger partial charge is 0.253 e. The Morgan fingerprint density at radius 2 is 2.18 bits per heavy atom. The van der Waals surface area contributed by atoms with Crippen molar-refractivity contribution in [1.82, 2.24) is 5.32 Å². The van der Waals surface area contributed by atoms with Crippen LogP contribution in [0.2, 0.25) is 5.02 Å². The Morgan fingerprint density at radius 1 is 1.36 bits per heavy atom. The lowest BCUT2D eigenvalue weighted by Crippen LogP contribution is -2.24. The average Bonchev–Trinajstić information content (AvgIpc) is 2.96. The van der Waals surface area contributed by atoms with Crippen molar-refractivity contribution in [3.05, 3.63) is 57.9 Å². The number of fused-ring (bicyclic) bond motifs is 1. The van der Waals surface area contributed by atoms with Crippen LogP contribution in [-0.4, -0.2) is 12.5 Å². The molecule has 0 fully saturated rings. The number of ether oxygens (including phenoxy) is 1. The fourth-order valence-corrected chi connectivity index (χ4v) is 2.56.